The lowest BCUT2D eigenvalue weighted by atomic mass is 10.2. The second-order valence-corrected chi connectivity index (χ2v) is 4.38. The first-order valence-corrected chi connectivity index (χ1v) is 6.48. The summed E-state index contributed by atoms with van der Waals surface area (Å²) in [4.78, 5) is 0. The van der Waals surface area contributed by atoms with Gasteiger partial charge >= 0.3 is 0 Å². The average Bonchev–Trinajstić information content (AvgIpc) is 2.41. The molecule has 0 aromatic heterocycles. The lowest BCUT2D eigenvalue weighted by Gasteiger charge is -2.13. The van der Waals surface area contributed by atoms with Crippen LogP contribution in [-0.4, -0.2) is 45.1 Å². The first-order chi connectivity index (χ1) is 9.19. The van der Waals surface area contributed by atoms with Crippen LogP contribution in [0.1, 0.15) is 12.5 Å². The summed E-state index contributed by atoms with van der Waals surface area (Å²) >= 11 is 0. The topological polar surface area (TPSA) is 62.8 Å². The molecule has 0 bridgehead atoms. The third-order valence-electron chi connectivity index (χ3n) is 2.72. The average molecular weight is 268 g/mol. The maximum absolute atomic E-state index is 9.10. The lowest BCUT2D eigenvalue weighted by Crippen LogP contribution is -2.31. The van der Waals surface area contributed by atoms with Crippen LogP contribution in [0.4, 0.5) is 0 Å². The molecule has 0 aliphatic carbocycles. The predicted octanol–water partition coefficient (Wildman–Crippen LogP) is 0.764. The number of hydrogen-bond donors (Lipinski definition) is 3. The Kier molecular flexibility index (Phi) is 7.25. The monoisotopic (exact) mass is 268 g/mol. The maximum atomic E-state index is 9.10. The van der Waals surface area contributed by atoms with Gasteiger partial charge in [-0.2, -0.15) is 0 Å². The Balaban J connectivity index is 2.37. The van der Waals surface area contributed by atoms with E-state index in [0.29, 0.717) is 6.54 Å². The SMILES string of the molecule is COc1cccc(CNCCNC[C@H](C)O)c1OC. The normalized spacial score (nSPS) is 12.2. The molecular weight excluding hydrogens is 244 g/mol. The van der Waals surface area contributed by atoms with Crippen LogP contribution < -0.4 is 20.1 Å². The van der Waals surface area contributed by atoms with Crippen molar-refractivity contribution in [2.75, 3.05) is 33.9 Å². The lowest BCUT2D eigenvalue weighted by molar-refractivity contribution is 0.191. The van der Waals surface area contributed by atoms with Gasteiger partial charge in [0.2, 0.25) is 0 Å². The van der Waals surface area contributed by atoms with Gasteiger partial charge in [0.1, 0.15) is 0 Å². The van der Waals surface area contributed by atoms with Gasteiger partial charge in [-0.1, -0.05) is 12.1 Å². The molecule has 0 saturated carbocycles. The molecule has 0 amide bonds. The smallest absolute Gasteiger partial charge is 0.165 e. The highest BCUT2D eigenvalue weighted by Gasteiger charge is 2.08. The summed E-state index contributed by atoms with van der Waals surface area (Å²) in [6, 6.07) is 5.84. The number of benzene rings is 1. The first-order valence-electron chi connectivity index (χ1n) is 6.48. The second kappa shape index (κ2) is 8.74. The van der Waals surface area contributed by atoms with Gasteiger partial charge < -0.3 is 25.2 Å². The molecular formula is C14H24N2O3. The molecule has 0 saturated heterocycles. The van der Waals surface area contributed by atoms with Crippen molar-refractivity contribution in [2.45, 2.75) is 19.6 Å². The van der Waals surface area contributed by atoms with Gasteiger partial charge in [-0.15, -0.1) is 0 Å². The summed E-state index contributed by atoms with van der Waals surface area (Å²) in [7, 11) is 3.28. The first kappa shape index (κ1) is 15.8. The van der Waals surface area contributed by atoms with Crippen LogP contribution in [-0.2, 0) is 6.54 Å². The number of hydrogen-bond acceptors (Lipinski definition) is 5. The summed E-state index contributed by atoms with van der Waals surface area (Å²) in [5.41, 5.74) is 1.07. The Morgan fingerprint density at radius 3 is 2.53 bits per heavy atom. The van der Waals surface area contributed by atoms with Gasteiger partial charge in [0, 0.05) is 31.7 Å². The number of aliphatic hydroxyl groups is 1. The number of nitrogens with one attached hydrogen (secondary N) is 2. The fourth-order valence-electron chi connectivity index (χ4n) is 1.80. The molecule has 0 radical (unpaired) electrons. The second-order valence-electron chi connectivity index (χ2n) is 4.38. The van der Waals surface area contributed by atoms with E-state index in [4.69, 9.17) is 14.6 Å². The van der Waals surface area contributed by atoms with Crippen molar-refractivity contribution < 1.29 is 14.6 Å². The minimum atomic E-state index is -0.307. The Morgan fingerprint density at radius 1 is 1.16 bits per heavy atom. The molecule has 0 unspecified atom stereocenters. The van der Waals surface area contributed by atoms with Crippen molar-refractivity contribution in [3.8, 4) is 11.5 Å². The molecule has 3 N–H and O–H groups in total. The Bertz CT molecular complexity index is 370. The van der Waals surface area contributed by atoms with Crippen molar-refractivity contribution in [3.05, 3.63) is 23.8 Å². The van der Waals surface area contributed by atoms with E-state index in [9.17, 15) is 0 Å². The van der Waals surface area contributed by atoms with E-state index in [2.05, 4.69) is 10.6 Å². The molecule has 1 aromatic carbocycles. The quantitative estimate of drug-likeness (QED) is 0.577. The van der Waals surface area contributed by atoms with Gasteiger partial charge in [0.05, 0.1) is 20.3 Å². The van der Waals surface area contributed by atoms with Crippen LogP contribution in [0.15, 0.2) is 18.2 Å². The molecule has 5 heteroatoms. The minimum absolute atomic E-state index is 0.307. The van der Waals surface area contributed by atoms with Crippen molar-refractivity contribution in [1.82, 2.24) is 10.6 Å². The molecule has 0 fully saturated rings. The predicted molar refractivity (Wildman–Crippen MR) is 75.8 cm³/mol. The van der Waals surface area contributed by atoms with E-state index in [1.54, 1.807) is 21.1 Å². The van der Waals surface area contributed by atoms with Gasteiger partial charge in [-0.05, 0) is 13.0 Å². The largest absolute Gasteiger partial charge is 0.493 e. The highest BCUT2D eigenvalue weighted by atomic mass is 16.5. The number of rotatable bonds is 9. The van der Waals surface area contributed by atoms with E-state index in [1.165, 1.54) is 0 Å². The molecule has 19 heavy (non-hydrogen) atoms. The number of methoxy groups -OCH3 is 2. The molecule has 0 aliphatic rings. The third kappa shape index (κ3) is 5.46. The summed E-state index contributed by atoms with van der Waals surface area (Å²) in [5, 5.41) is 15.6. The van der Waals surface area contributed by atoms with E-state index in [1.807, 2.05) is 18.2 Å². The Hall–Kier alpha value is -1.30. The van der Waals surface area contributed by atoms with E-state index in [-0.39, 0.29) is 6.10 Å². The maximum Gasteiger partial charge on any atom is 0.165 e. The van der Waals surface area contributed by atoms with Crippen LogP contribution in [0.25, 0.3) is 0 Å². The van der Waals surface area contributed by atoms with Crippen LogP contribution in [0.2, 0.25) is 0 Å². The van der Waals surface area contributed by atoms with Crippen LogP contribution >= 0.6 is 0 Å². The van der Waals surface area contributed by atoms with E-state index in [0.717, 1.165) is 36.7 Å². The minimum Gasteiger partial charge on any atom is -0.493 e. The Morgan fingerprint density at radius 2 is 1.89 bits per heavy atom. The van der Waals surface area contributed by atoms with Gasteiger partial charge in [-0.3, -0.25) is 0 Å². The van der Waals surface area contributed by atoms with Gasteiger partial charge in [-0.25, -0.2) is 0 Å². The number of para-hydroxylation sites is 1. The van der Waals surface area contributed by atoms with E-state index >= 15 is 0 Å². The summed E-state index contributed by atoms with van der Waals surface area (Å²) < 4.78 is 10.6. The highest BCUT2D eigenvalue weighted by Crippen LogP contribution is 2.30. The highest BCUT2D eigenvalue weighted by molar-refractivity contribution is 5.46. The molecule has 1 atom stereocenters. The molecule has 1 rings (SSSR count). The van der Waals surface area contributed by atoms with E-state index < -0.39 is 0 Å². The fourth-order valence-corrected chi connectivity index (χ4v) is 1.80. The summed E-state index contributed by atoms with van der Waals surface area (Å²) in [6.07, 6.45) is -0.307. The third-order valence-corrected chi connectivity index (χ3v) is 2.72. The van der Waals surface area contributed by atoms with Crippen LogP contribution in [0, 0.1) is 0 Å². The molecule has 0 heterocycles. The molecule has 0 aliphatic heterocycles. The van der Waals surface area contributed by atoms with Crippen molar-refractivity contribution >= 4 is 0 Å². The van der Waals surface area contributed by atoms with Gasteiger partial charge in [0.15, 0.2) is 11.5 Å². The fraction of sp³-hybridized carbons (Fsp3) is 0.571. The molecule has 1 aromatic rings. The van der Waals surface area contributed by atoms with Crippen molar-refractivity contribution in [3.63, 3.8) is 0 Å². The number of aliphatic hydroxyl groups excluding tert-OH is 1. The Labute approximate surface area is 114 Å². The number of ether oxygens (including phenoxy) is 2. The van der Waals surface area contributed by atoms with Crippen LogP contribution in [0.3, 0.4) is 0 Å². The van der Waals surface area contributed by atoms with Crippen molar-refractivity contribution in [1.29, 1.82) is 0 Å². The zero-order chi connectivity index (χ0) is 14.1. The summed E-state index contributed by atoms with van der Waals surface area (Å²) in [6.45, 7) is 4.74. The zero-order valence-corrected chi connectivity index (χ0v) is 11.9. The van der Waals surface area contributed by atoms with Crippen LogP contribution in [0.5, 0.6) is 11.5 Å². The van der Waals surface area contributed by atoms with Gasteiger partial charge in [0.25, 0.3) is 0 Å². The molecule has 5 nitrogen and oxygen atoms in total. The standard InChI is InChI=1S/C14H24N2O3/c1-11(17)9-15-7-8-16-10-12-5-4-6-13(18-2)14(12)19-3/h4-6,11,15-17H,7-10H2,1-3H3/t11-/m0/s1. The summed E-state index contributed by atoms with van der Waals surface area (Å²) in [5.74, 6) is 1.52. The molecule has 0 spiro atoms. The van der Waals surface area contributed by atoms with Crippen molar-refractivity contribution in [2.24, 2.45) is 0 Å². The molecule has 108 valence electrons. The zero-order valence-electron chi connectivity index (χ0n) is 11.9.